The monoisotopic (exact) mass is 572 g/mol. The summed E-state index contributed by atoms with van der Waals surface area (Å²) in [5.41, 5.74) is 7.63. The minimum Gasteiger partial charge on any atom is -0.504 e. The van der Waals surface area contributed by atoms with E-state index in [1.54, 1.807) is 34.7 Å². The molecule has 1 aliphatic rings. The van der Waals surface area contributed by atoms with Crippen LogP contribution >= 0.6 is 0 Å². The molecule has 3 N–H and O–H groups in total. The van der Waals surface area contributed by atoms with Crippen LogP contribution in [0.1, 0.15) is 34.6 Å². The molecular formula is C26H28N12O4. The molecule has 2 amide bonds. The maximum absolute atomic E-state index is 14.0. The van der Waals surface area contributed by atoms with E-state index in [2.05, 4.69) is 30.2 Å². The standard InChI is InChI=1S/C26H28N12O4/c1-4-17-21(34-7-9-35(10-8-34)24(41)20-22(40)14(2)28-13-29-20)25(42)38-26(37(17)12-18(27)39)30-23(33-38)16-5-6-36-15(3)31-32-19(36)11-16/h5-6,11,13,40H,4,7-10,12H2,1-3H3,(H2,27,39). The van der Waals surface area contributed by atoms with Gasteiger partial charge >= 0.3 is 0 Å². The van der Waals surface area contributed by atoms with Gasteiger partial charge in [0.25, 0.3) is 11.5 Å². The van der Waals surface area contributed by atoms with E-state index in [0.717, 1.165) is 5.82 Å². The summed E-state index contributed by atoms with van der Waals surface area (Å²) in [5, 5.41) is 23.0. The Morgan fingerprint density at radius 3 is 2.57 bits per heavy atom. The number of rotatable bonds is 6. The molecule has 42 heavy (non-hydrogen) atoms. The second kappa shape index (κ2) is 10.2. The largest absolute Gasteiger partial charge is 0.504 e. The number of carbonyl (C=O) groups excluding carboxylic acids is 2. The summed E-state index contributed by atoms with van der Waals surface area (Å²) in [4.78, 5) is 55.1. The number of fused-ring (bicyclic) bond motifs is 2. The molecule has 1 aliphatic heterocycles. The van der Waals surface area contributed by atoms with E-state index in [4.69, 9.17) is 5.73 Å². The summed E-state index contributed by atoms with van der Waals surface area (Å²) in [5.74, 6) is -0.0718. The second-order valence-corrected chi connectivity index (χ2v) is 9.98. The molecule has 5 aromatic heterocycles. The van der Waals surface area contributed by atoms with Crippen LogP contribution in [0.5, 0.6) is 5.75 Å². The Morgan fingerprint density at radius 2 is 1.86 bits per heavy atom. The fraction of sp³-hybridized carbons (Fsp3) is 0.346. The smallest absolute Gasteiger partial charge is 0.299 e. The van der Waals surface area contributed by atoms with Gasteiger partial charge in [0.1, 0.15) is 24.4 Å². The van der Waals surface area contributed by atoms with E-state index in [9.17, 15) is 19.5 Å². The van der Waals surface area contributed by atoms with Crippen molar-refractivity contribution >= 4 is 28.9 Å². The van der Waals surface area contributed by atoms with Gasteiger partial charge in [-0.3, -0.25) is 18.8 Å². The molecule has 5 aromatic rings. The van der Waals surface area contributed by atoms with Crippen LogP contribution in [0, 0.1) is 13.8 Å². The summed E-state index contributed by atoms with van der Waals surface area (Å²) >= 11 is 0. The molecule has 6 heterocycles. The van der Waals surface area contributed by atoms with Crippen molar-refractivity contribution in [2.24, 2.45) is 5.73 Å². The van der Waals surface area contributed by atoms with Gasteiger partial charge in [0.05, 0.1) is 11.4 Å². The predicted octanol–water partition coefficient (Wildman–Crippen LogP) is -0.277. The number of pyridine rings is 1. The summed E-state index contributed by atoms with van der Waals surface area (Å²) in [6.07, 6.45) is 3.45. The van der Waals surface area contributed by atoms with Crippen molar-refractivity contribution in [3.8, 4) is 17.1 Å². The maximum atomic E-state index is 14.0. The van der Waals surface area contributed by atoms with Gasteiger partial charge in [-0.15, -0.1) is 15.3 Å². The third-order valence-corrected chi connectivity index (χ3v) is 7.40. The van der Waals surface area contributed by atoms with Gasteiger partial charge in [-0.2, -0.15) is 9.50 Å². The molecule has 0 saturated carbocycles. The summed E-state index contributed by atoms with van der Waals surface area (Å²) in [7, 11) is 0. The third-order valence-electron chi connectivity index (χ3n) is 7.40. The van der Waals surface area contributed by atoms with Gasteiger partial charge in [0, 0.05) is 37.9 Å². The molecule has 1 saturated heterocycles. The molecule has 0 radical (unpaired) electrons. The van der Waals surface area contributed by atoms with Crippen LogP contribution in [0.4, 0.5) is 5.69 Å². The van der Waals surface area contributed by atoms with Crippen LogP contribution < -0.4 is 16.2 Å². The number of hydrogen-bond acceptors (Lipinski definition) is 11. The van der Waals surface area contributed by atoms with Crippen LogP contribution in [0.2, 0.25) is 0 Å². The molecule has 16 nitrogen and oxygen atoms in total. The van der Waals surface area contributed by atoms with Crippen molar-refractivity contribution in [1.82, 2.24) is 48.6 Å². The number of primary amides is 1. The predicted molar refractivity (Wildman–Crippen MR) is 149 cm³/mol. The highest BCUT2D eigenvalue weighted by Crippen LogP contribution is 2.25. The van der Waals surface area contributed by atoms with Gasteiger partial charge in [0.2, 0.25) is 11.7 Å². The normalized spacial score (nSPS) is 13.8. The van der Waals surface area contributed by atoms with Gasteiger partial charge in [-0.1, -0.05) is 6.92 Å². The van der Waals surface area contributed by atoms with Crippen LogP contribution in [-0.2, 0) is 17.8 Å². The Balaban J connectivity index is 1.39. The first-order valence-electron chi connectivity index (χ1n) is 13.3. The van der Waals surface area contributed by atoms with E-state index < -0.39 is 17.4 Å². The number of amides is 2. The summed E-state index contributed by atoms with van der Waals surface area (Å²) < 4.78 is 4.62. The minimum atomic E-state index is -0.596. The van der Waals surface area contributed by atoms with E-state index in [1.165, 1.54) is 10.8 Å². The Labute approximate surface area is 238 Å². The molecule has 6 rings (SSSR count). The average Bonchev–Trinajstić information content (AvgIpc) is 3.59. The summed E-state index contributed by atoms with van der Waals surface area (Å²) in [6.45, 7) is 6.31. The molecule has 0 atom stereocenters. The number of hydrogen-bond donors (Lipinski definition) is 2. The lowest BCUT2D eigenvalue weighted by Crippen LogP contribution is -2.51. The van der Waals surface area contributed by atoms with E-state index in [1.807, 2.05) is 23.1 Å². The molecule has 16 heteroatoms. The highest BCUT2D eigenvalue weighted by Gasteiger charge is 2.30. The lowest BCUT2D eigenvalue weighted by atomic mass is 10.2. The van der Waals surface area contributed by atoms with Crippen molar-refractivity contribution < 1.29 is 14.7 Å². The first kappa shape index (κ1) is 26.8. The Hall–Kier alpha value is -5.41. The molecule has 0 bridgehead atoms. The molecular weight excluding hydrogens is 544 g/mol. The number of nitrogens with zero attached hydrogens (tertiary/aromatic N) is 11. The van der Waals surface area contributed by atoms with Crippen molar-refractivity contribution in [2.75, 3.05) is 31.1 Å². The van der Waals surface area contributed by atoms with Crippen LogP contribution in [0.3, 0.4) is 0 Å². The van der Waals surface area contributed by atoms with Crippen molar-refractivity contribution in [1.29, 1.82) is 0 Å². The topological polar surface area (TPSA) is 195 Å². The van der Waals surface area contributed by atoms with Gasteiger partial charge in [0.15, 0.2) is 22.9 Å². The van der Waals surface area contributed by atoms with Crippen LogP contribution in [0.25, 0.3) is 22.8 Å². The zero-order valence-corrected chi connectivity index (χ0v) is 23.2. The molecule has 216 valence electrons. The number of nitrogens with two attached hydrogens (primary N) is 1. The number of anilines is 1. The fourth-order valence-electron chi connectivity index (χ4n) is 5.26. The van der Waals surface area contributed by atoms with E-state index in [-0.39, 0.29) is 42.7 Å². The van der Waals surface area contributed by atoms with Gasteiger partial charge in [-0.25, -0.2) is 9.97 Å². The lowest BCUT2D eigenvalue weighted by molar-refractivity contribution is -0.118. The maximum Gasteiger partial charge on any atom is 0.299 e. The highest BCUT2D eigenvalue weighted by atomic mass is 16.3. The van der Waals surface area contributed by atoms with Gasteiger partial charge in [-0.05, 0) is 32.4 Å². The SMILES string of the molecule is CCc1c(N2CCN(C(=O)c3ncnc(C)c3O)CC2)c(=O)n2nc(-c3ccn4c(C)nnc4c3)nc2n1CC(N)=O. The summed E-state index contributed by atoms with van der Waals surface area (Å²) in [6, 6.07) is 3.57. The zero-order chi connectivity index (χ0) is 29.7. The molecule has 0 aliphatic carbocycles. The second-order valence-electron chi connectivity index (χ2n) is 9.98. The Morgan fingerprint density at radius 1 is 1.10 bits per heavy atom. The number of aromatic hydroxyl groups is 1. The minimum absolute atomic E-state index is 0.0648. The zero-order valence-electron chi connectivity index (χ0n) is 23.2. The Bertz CT molecular complexity index is 1930. The number of carbonyl (C=O) groups is 2. The lowest BCUT2D eigenvalue weighted by Gasteiger charge is -2.36. The van der Waals surface area contributed by atoms with Crippen molar-refractivity contribution in [3.63, 3.8) is 0 Å². The number of aromatic nitrogens is 9. The van der Waals surface area contributed by atoms with Crippen molar-refractivity contribution in [3.05, 3.63) is 57.9 Å². The quantitative estimate of drug-likeness (QED) is 0.272. The van der Waals surface area contributed by atoms with E-state index in [0.29, 0.717) is 47.8 Å². The number of aryl methyl sites for hydroxylation is 2. The fourth-order valence-corrected chi connectivity index (χ4v) is 5.26. The molecule has 0 aromatic carbocycles. The molecule has 0 spiro atoms. The highest BCUT2D eigenvalue weighted by molar-refractivity contribution is 5.95. The van der Waals surface area contributed by atoms with Gasteiger partial charge < -0.3 is 25.2 Å². The van der Waals surface area contributed by atoms with Crippen molar-refractivity contribution in [2.45, 2.75) is 33.7 Å². The van der Waals surface area contributed by atoms with E-state index >= 15 is 0 Å². The number of piperazine rings is 1. The third kappa shape index (κ3) is 4.36. The van der Waals surface area contributed by atoms with Crippen LogP contribution in [0.15, 0.2) is 29.5 Å². The average molecular weight is 573 g/mol. The Kier molecular flexibility index (Phi) is 6.51. The first-order chi connectivity index (χ1) is 20.2. The molecule has 1 fully saturated rings. The van der Waals surface area contributed by atoms with Crippen LogP contribution in [-0.4, -0.2) is 91.7 Å². The molecule has 0 unspecified atom stereocenters. The first-order valence-corrected chi connectivity index (χ1v) is 13.3.